The lowest BCUT2D eigenvalue weighted by atomic mass is 10.0. The summed E-state index contributed by atoms with van der Waals surface area (Å²) >= 11 is 0. The van der Waals surface area contributed by atoms with Crippen LogP contribution in [-0.4, -0.2) is 53.8 Å². The van der Waals surface area contributed by atoms with Gasteiger partial charge in [0.2, 0.25) is 5.91 Å². The van der Waals surface area contributed by atoms with Crippen LogP contribution in [0, 0.1) is 5.92 Å². The first-order valence-corrected chi connectivity index (χ1v) is 8.78. The molecular weight excluding hydrogens is 320 g/mol. The number of fused-ring (bicyclic) bond motifs is 1. The Balaban J connectivity index is 1.75. The number of carbonyl (C=O) groups is 3. The molecule has 134 valence electrons. The average Bonchev–Trinajstić information content (AvgIpc) is 3.17. The number of rotatable bonds is 5. The monoisotopic (exact) mass is 344 g/mol. The third-order valence-electron chi connectivity index (χ3n) is 4.74. The Labute approximate surface area is 147 Å². The second-order valence-electron chi connectivity index (χ2n) is 7.10. The Bertz CT molecular complexity index is 659. The van der Waals surface area contributed by atoms with Gasteiger partial charge in [-0.15, -0.1) is 0 Å². The highest BCUT2D eigenvalue weighted by Crippen LogP contribution is 2.28. The van der Waals surface area contributed by atoms with Gasteiger partial charge < -0.3 is 15.0 Å². The second kappa shape index (κ2) is 7.35. The van der Waals surface area contributed by atoms with Crippen molar-refractivity contribution in [1.82, 2.24) is 10.2 Å². The Morgan fingerprint density at radius 1 is 1.28 bits per heavy atom. The number of Topliss-reactive ketones (excluding diaryl/α,β-unsaturated/α-hetero) is 1. The highest BCUT2D eigenvalue weighted by atomic mass is 16.5. The maximum absolute atomic E-state index is 13.0. The molecule has 3 rings (SSSR count). The topological polar surface area (TPSA) is 75.7 Å². The summed E-state index contributed by atoms with van der Waals surface area (Å²) in [4.78, 5) is 39.2. The Hall–Kier alpha value is -2.21. The molecule has 25 heavy (non-hydrogen) atoms. The molecule has 2 amide bonds. The van der Waals surface area contributed by atoms with Crippen LogP contribution in [0.5, 0.6) is 0 Å². The Kier molecular flexibility index (Phi) is 5.18. The molecule has 0 radical (unpaired) electrons. The maximum atomic E-state index is 13.0. The van der Waals surface area contributed by atoms with Crippen LogP contribution in [0.3, 0.4) is 0 Å². The summed E-state index contributed by atoms with van der Waals surface area (Å²) in [6, 6.07) is 7.71. The van der Waals surface area contributed by atoms with Crippen molar-refractivity contribution in [3.05, 3.63) is 35.9 Å². The number of benzene rings is 1. The molecule has 0 spiro atoms. The second-order valence-corrected chi connectivity index (χ2v) is 7.10. The lowest BCUT2D eigenvalue weighted by Gasteiger charge is -2.28. The van der Waals surface area contributed by atoms with Gasteiger partial charge in [-0.05, 0) is 30.9 Å². The van der Waals surface area contributed by atoms with Gasteiger partial charge in [0.25, 0.3) is 5.91 Å². The molecule has 1 N–H and O–H groups in total. The van der Waals surface area contributed by atoms with Gasteiger partial charge in [-0.3, -0.25) is 14.4 Å². The van der Waals surface area contributed by atoms with Crippen molar-refractivity contribution in [3.63, 3.8) is 0 Å². The minimum atomic E-state index is -0.639. The third-order valence-corrected chi connectivity index (χ3v) is 4.74. The quantitative estimate of drug-likeness (QED) is 0.876. The molecule has 0 bridgehead atoms. The van der Waals surface area contributed by atoms with Crippen LogP contribution in [0.15, 0.2) is 30.3 Å². The fourth-order valence-electron chi connectivity index (χ4n) is 3.57. The van der Waals surface area contributed by atoms with Crippen molar-refractivity contribution in [1.29, 1.82) is 0 Å². The number of amides is 2. The van der Waals surface area contributed by atoms with Gasteiger partial charge in [0, 0.05) is 12.1 Å². The van der Waals surface area contributed by atoms with E-state index in [1.165, 1.54) is 0 Å². The van der Waals surface area contributed by atoms with E-state index in [-0.39, 0.29) is 36.2 Å². The van der Waals surface area contributed by atoms with E-state index in [9.17, 15) is 14.4 Å². The Morgan fingerprint density at radius 3 is 2.68 bits per heavy atom. The third kappa shape index (κ3) is 3.74. The summed E-state index contributed by atoms with van der Waals surface area (Å²) in [6.07, 6.45) is 1.00. The molecule has 2 aliphatic heterocycles. The number of ether oxygens (including phenoxy) is 1. The SMILES string of the molecule is CC(C)CC(NC(=O)c1ccccc1)C(=O)N1CCC2OCC(=O)C21. The average molecular weight is 344 g/mol. The molecule has 2 aliphatic rings. The van der Waals surface area contributed by atoms with Crippen molar-refractivity contribution >= 4 is 17.6 Å². The minimum Gasteiger partial charge on any atom is -0.368 e. The molecular formula is C19H24N2O4. The first-order chi connectivity index (χ1) is 12.0. The van der Waals surface area contributed by atoms with Crippen LogP contribution in [0.4, 0.5) is 0 Å². The molecule has 3 unspecified atom stereocenters. The highest BCUT2D eigenvalue weighted by molar-refractivity contribution is 5.99. The molecule has 0 aliphatic carbocycles. The molecule has 0 saturated carbocycles. The molecule has 3 atom stereocenters. The van der Waals surface area contributed by atoms with Gasteiger partial charge in [-0.25, -0.2) is 0 Å². The molecule has 6 nitrogen and oxygen atoms in total. The first kappa shape index (κ1) is 17.6. The van der Waals surface area contributed by atoms with Crippen LogP contribution >= 0.6 is 0 Å². The van der Waals surface area contributed by atoms with Crippen molar-refractivity contribution in [2.75, 3.05) is 13.2 Å². The molecule has 0 aromatic heterocycles. The van der Waals surface area contributed by atoms with E-state index < -0.39 is 12.1 Å². The summed E-state index contributed by atoms with van der Waals surface area (Å²) in [7, 11) is 0. The fourth-order valence-corrected chi connectivity index (χ4v) is 3.57. The van der Waals surface area contributed by atoms with E-state index in [1.807, 2.05) is 19.9 Å². The number of likely N-dealkylation sites (tertiary alicyclic amines) is 1. The molecule has 2 fully saturated rings. The zero-order chi connectivity index (χ0) is 18.0. The standard InChI is InChI=1S/C19H24N2O4/c1-12(2)10-14(20-18(23)13-6-4-3-5-7-13)19(24)21-9-8-16-17(21)15(22)11-25-16/h3-7,12,14,16-17H,8-11H2,1-2H3,(H,20,23). The van der Waals surface area contributed by atoms with Gasteiger partial charge in [0.15, 0.2) is 5.78 Å². The smallest absolute Gasteiger partial charge is 0.251 e. The number of nitrogens with one attached hydrogen (secondary N) is 1. The first-order valence-electron chi connectivity index (χ1n) is 8.78. The largest absolute Gasteiger partial charge is 0.368 e. The number of hydrogen-bond donors (Lipinski definition) is 1. The van der Waals surface area contributed by atoms with Crippen LogP contribution in [-0.2, 0) is 14.3 Å². The predicted octanol–water partition coefficient (Wildman–Crippen LogP) is 1.40. The minimum absolute atomic E-state index is 0.0477. The number of ketones is 1. The number of nitrogens with zero attached hydrogens (tertiary/aromatic N) is 1. The molecule has 1 aromatic rings. The highest BCUT2D eigenvalue weighted by Gasteiger charge is 2.48. The lowest BCUT2D eigenvalue weighted by molar-refractivity contribution is -0.138. The van der Waals surface area contributed by atoms with E-state index >= 15 is 0 Å². The molecule has 1 aromatic carbocycles. The molecule has 2 saturated heterocycles. The van der Waals surface area contributed by atoms with Crippen LogP contribution in [0.25, 0.3) is 0 Å². The molecule has 6 heteroatoms. The normalized spacial score (nSPS) is 23.6. The van der Waals surface area contributed by atoms with Crippen molar-refractivity contribution < 1.29 is 19.1 Å². The van der Waals surface area contributed by atoms with E-state index in [2.05, 4.69) is 5.32 Å². The summed E-state index contributed by atoms with van der Waals surface area (Å²) in [5.74, 6) is -0.277. The number of hydrogen-bond acceptors (Lipinski definition) is 4. The van der Waals surface area contributed by atoms with E-state index in [4.69, 9.17) is 4.74 Å². The summed E-state index contributed by atoms with van der Waals surface area (Å²) in [6.45, 7) is 4.58. The van der Waals surface area contributed by atoms with Gasteiger partial charge in [-0.2, -0.15) is 0 Å². The zero-order valence-corrected chi connectivity index (χ0v) is 14.6. The van der Waals surface area contributed by atoms with Crippen LogP contribution < -0.4 is 5.32 Å². The zero-order valence-electron chi connectivity index (χ0n) is 14.6. The van der Waals surface area contributed by atoms with Gasteiger partial charge in [-0.1, -0.05) is 32.0 Å². The van der Waals surface area contributed by atoms with Crippen LogP contribution in [0.2, 0.25) is 0 Å². The van der Waals surface area contributed by atoms with Gasteiger partial charge in [0.1, 0.15) is 18.7 Å². The molecule has 2 heterocycles. The number of carbonyl (C=O) groups excluding carboxylic acids is 3. The predicted molar refractivity (Wildman–Crippen MR) is 92.0 cm³/mol. The maximum Gasteiger partial charge on any atom is 0.251 e. The summed E-state index contributed by atoms with van der Waals surface area (Å²) in [5, 5.41) is 2.85. The van der Waals surface area contributed by atoms with Crippen molar-refractivity contribution in [2.24, 2.45) is 5.92 Å². The van der Waals surface area contributed by atoms with Crippen molar-refractivity contribution in [2.45, 2.75) is 44.9 Å². The lowest BCUT2D eigenvalue weighted by Crippen LogP contribution is -2.52. The summed E-state index contributed by atoms with van der Waals surface area (Å²) < 4.78 is 5.45. The van der Waals surface area contributed by atoms with Gasteiger partial charge in [0.05, 0.1) is 6.10 Å². The Morgan fingerprint density at radius 2 is 2.00 bits per heavy atom. The van der Waals surface area contributed by atoms with Gasteiger partial charge >= 0.3 is 0 Å². The van der Waals surface area contributed by atoms with Crippen LogP contribution in [0.1, 0.15) is 37.0 Å². The van der Waals surface area contributed by atoms with E-state index in [0.29, 0.717) is 24.9 Å². The van der Waals surface area contributed by atoms with Crippen molar-refractivity contribution in [3.8, 4) is 0 Å². The van der Waals surface area contributed by atoms with E-state index in [1.54, 1.807) is 29.2 Å². The van der Waals surface area contributed by atoms with E-state index in [0.717, 1.165) is 0 Å². The fraction of sp³-hybridized carbons (Fsp3) is 0.526. The summed E-state index contributed by atoms with van der Waals surface area (Å²) in [5.41, 5.74) is 0.517.